The third-order valence-corrected chi connectivity index (χ3v) is 3.69. The standard InChI is InChI=1S/C22H20N2O9/c23-15-33-20-7-5-19(6-8-20)32-14-22(27)30-12-10-28-9-11-29-21(26)13-31-18-3-1-17(2-4-18)24-16-25/h1-8H,9-14H2. The van der Waals surface area contributed by atoms with Gasteiger partial charge < -0.3 is 28.4 Å². The molecular formula is C22H20N2O9. The lowest BCUT2D eigenvalue weighted by Gasteiger charge is -2.09. The Kier molecular flexibility index (Phi) is 11.0. The number of aliphatic imine (C=N–C) groups is 1. The lowest BCUT2D eigenvalue weighted by Crippen LogP contribution is -2.20. The highest BCUT2D eigenvalue weighted by Crippen LogP contribution is 2.18. The Bertz CT molecular complexity index is 978. The number of carbonyl (C=O) groups is 2. The van der Waals surface area contributed by atoms with Crippen LogP contribution in [0.5, 0.6) is 17.2 Å². The van der Waals surface area contributed by atoms with Crippen LogP contribution in [0.15, 0.2) is 53.5 Å². The molecule has 0 N–H and O–H groups in total. The fourth-order valence-corrected chi connectivity index (χ4v) is 2.22. The molecule has 0 amide bonds. The van der Waals surface area contributed by atoms with Gasteiger partial charge in [-0.2, -0.15) is 4.99 Å². The van der Waals surface area contributed by atoms with Crippen molar-refractivity contribution >= 4 is 23.7 Å². The molecule has 0 aliphatic heterocycles. The highest BCUT2D eigenvalue weighted by atomic mass is 16.6. The van der Waals surface area contributed by atoms with Gasteiger partial charge in [0.1, 0.15) is 30.5 Å². The number of ether oxygens (including phenoxy) is 6. The van der Waals surface area contributed by atoms with E-state index in [2.05, 4.69) is 9.73 Å². The molecule has 2 aromatic rings. The van der Waals surface area contributed by atoms with E-state index < -0.39 is 11.9 Å². The van der Waals surface area contributed by atoms with Crippen LogP contribution in [0.2, 0.25) is 0 Å². The van der Waals surface area contributed by atoms with Crippen LogP contribution in [0.1, 0.15) is 0 Å². The Balaban J connectivity index is 1.47. The molecule has 2 rings (SSSR count). The number of carbonyl (C=O) groups excluding carboxylic acids is 3. The van der Waals surface area contributed by atoms with E-state index in [0.717, 1.165) is 0 Å². The molecule has 33 heavy (non-hydrogen) atoms. The normalized spacial score (nSPS) is 9.67. The number of benzene rings is 2. The van der Waals surface area contributed by atoms with Crippen LogP contribution < -0.4 is 14.2 Å². The predicted octanol–water partition coefficient (Wildman–Crippen LogP) is 2.07. The summed E-state index contributed by atoms with van der Waals surface area (Å²) in [4.78, 5) is 36.9. The largest absolute Gasteiger partial charge is 0.482 e. The Morgan fingerprint density at radius 3 is 1.73 bits per heavy atom. The van der Waals surface area contributed by atoms with Crippen LogP contribution in [0.25, 0.3) is 0 Å². The summed E-state index contributed by atoms with van der Waals surface area (Å²) < 4.78 is 30.3. The number of rotatable bonds is 14. The molecule has 0 aliphatic carbocycles. The van der Waals surface area contributed by atoms with Crippen LogP contribution in [-0.2, 0) is 28.6 Å². The second-order valence-electron chi connectivity index (χ2n) is 5.99. The maximum absolute atomic E-state index is 11.6. The molecule has 0 saturated heterocycles. The smallest absolute Gasteiger partial charge is 0.344 e. The first-order chi connectivity index (χ1) is 16.1. The van der Waals surface area contributed by atoms with Gasteiger partial charge in [-0.15, -0.1) is 5.26 Å². The summed E-state index contributed by atoms with van der Waals surface area (Å²) in [7, 11) is 0. The van der Waals surface area contributed by atoms with Crippen molar-refractivity contribution in [3.8, 4) is 23.5 Å². The molecule has 0 bridgehead atoms. The maximum Gasteiger partial charge on any atom is 0.344 e. The van der Waals surface area contributed by atoms with Crippen LogP contribution >= 0.6 is 0 Å². The van der Waals surface area contributed by atoms with Gasteiger partial charge >= 0.3 is 11.9 Å². The molecule has 0 heterocycles. The van der Waals surface area contributed by atoms with Gasteiger partial charge in [-0.3, -0.25) is 0 Å². The molecule has 0 unspecified atom stereocenters. The molecule has 0 aromatic heterocycles. The van der Waals surface area contributed by atoms with Crippen LogP contribution in [0.4, 0.5) is 5.69 Å². The summed E-state index contributed by atoms with van der Waals surface area (Å²) in [5, 5.41) is 8.41. The van der Waals surface area contributed by atoms with E-state index in [0.29, 0.717) is 22.9 Å². The average Bonchev–Trinajstić information content (AvgIpc) is 2.83. The lowest BCUT2D eigenvalue weighted by molar-refractivity contribution is -0.149. The van der Waals surface area contributed by atoms with E-state index in [1.807, 2.05) is 0 Å². The molecule has 0 radical (unpaired) electrons. The fourth-order valence-electron chi connectivity index (χ4n) is 2.22. The minimum absolute atomic E-state index is 0.0117. The molecule has 0 saturated carbocycles. The SMILES string of the molecule is N#COc1ccc(OCC(=O)OCCOCCOC(=O)COc2ccc(N=C=O)cc2)cc1. The number of esters is 2. The molecule has 172 valence electrons. The van der Waals surface area contributed by atoms with Gasteiger partial charge in [-0.25, -0.2) is 14.4 Å². The summed E-state index contributed by atoms with van der Waals surface area (Å²) >= 11 is 0. The molecule has 11 heteroatoms. The summed E-state index contributed by atoms with van der Waals surface area (Å²) in [6, 6.07) is 12.4. The van der Waals surface area contributed by atoms with Gasteiger partial charge in [0, 0.05) is 0 Å². The first kappa shape index (κ1) is 24.9. The highest BCUT2D eigenvalue weighted by molar-refractivity contribution is 5.71. The van der Waals surface area contributed by atoms with Crippen LogP contribution in [0, 0.1) is 11.5 Å². The topological polar surface area (TPSA) is 143 Å². The zero-order chi connectivity index (χ0) is 23.7. The molecule has 0 fully saturated rings. The Morgan fingerprint density at radius 2 is 1.24 bits per heavy atom. The number of hydrogen-bond acceptors (Lipinski definition) is 11. The van der Waals surface area contributed by atoms with Crippen molar-refractivity contribution in [3.63, 3.8) is 0 Å². The van der Waals surface area contributed by atoms with Crippen molar-refractivity contribution in [2.24, 2.45) is 4.99 Å². The van der Waals surface area contributed by atoms with Crippen molar-refractivity contribution in [2.45, 2.75) is 0 Å². The summed E-state index contributed by atoms with van der Waals surface area (Å²) in [5.41, 5.74) is 0.424. The number of hydrogen-bond donors (Lipinski definition) is 0. The maximum atomic E-state index is 11.6. The van der Waals surface area contributed by atoms with Gasteiger partial charge in [0.05, 0.1) is 18.9 Å². The second kappa shape index (κ2) is 14.6. The van der Waals surface area contributed by atoms with Crippen molar-refractivity contribution in [1.82, 2.24) is 0 Å². The van der Waals surface area contributed by atoms with Crippen molar-refractivity contribution in [3.05, 3.63) is 48.5 Å². The van der Waals surface area contributed by atoms with E-state index in [1.165, 1.54) is 18.2 Å². The van der Waals surface area contributed by atoms with Gasteiger partial charge in [-0.1, -0.05) is 0 Å². The molecule has 11 nitrogen and oxygen atoms in total. The van der Waals surface area contributed by atoms with Crippen molar-refractivity contribution in [2.75, 3.05) is 39.6 Å². The molecule has 0 spiro atoms. The Hall–Kier alpha value is -4.39. The van der Waals surface area contributed by atoms with Crippen LogP contribution in [-0.4, -0.2) is 57.7 Å². The first-order valence-corrected chi connectivity index (χ1v) is 9.59. The second-order valence-corrected chi connectivity index (χ2v) is 5.99. The predicted molar refractivity (Wildman–Crippen MR) is 111 cm³/mol. The fraction of sp³-hybridized carbons (Fsp3) is 0.273. The Morgan fingerprint density at radius 1 is 0.758 bits per heavy atom. The minimum atomic E-state index is -0.579. The quantitative estimate of drug-likeness (QED) is 0.136. The third-order valence-electron chi connectivity index (χ3n) is 3.69. The van der Waals surface area contributed by atoms with Crippen molar-refractivity contribution < 1.29 is 42.8 Å². The molecule has 0 atom stereocenters. The Labute approximate surface area is 189 Å². The van der Waals surface area contributed by atoms with Gasteiger partial charge in [-0.05, 0) is 48.5 Å². The van der Waals surface area contributed by atoms with Crippen molar-refractivity contribution in [1.29, 1.82) is 5.26 Å². The third kappa shape index (κ3) is 10.5. The van der Waals surface area contributed by atoms with Gasteiger partial charge in [0.25, 0.3) is 6.26 Å². The minimum Gasteiger partial charge on any atom is -0.482 e. The highest BCUT2D eigenvalue weighted by Gasteiger charge is 2.06. The van der Waals surface area contributed by atoms with E-state index in [1.54, 1.807) is 42.7 Å². The number of isocyanates is 1. The van der Waals surface area contributed by atoms with E-state index >= 15 is 0 Å². The summed E-state index contributed by atoms with van der Waals surface area (Å²) in [6.07, 6.45) is 2.97. The molecule has 2 aromatic carbocycles. The lowest BCUT2D eigenvalue weighted by atomic mass is 10.3. The summed E-state index contributed by atoms with van der Waals surface area (Å²) in [6.45, 7) is -0.313. The monoisotopic (exact) mass is 456 g/mol. The number of nitriles is 1. The van der Waals surface area contributed by atoms with Gasteiger partial charge in [0.2, 0.25) is 6.08 Å². The van der Waals surface area contributed by atoms with E-state index in [9.17, 15) is 14.4 Å². The first-order valence-electron chi connectivity index (χ1n) is 9.59. The van der Waals surface area contributed by atoms with E-state index in [4.69, 9.17) is 28.9 Å². The van der Waals surface area contributed by atoms with Crippen LogP contribution in [0.3, 0.4) is 0 Å². The molecular weight excluding hydrogens is 436 g/mol. The molecule has 0 aliphatic rings. The average molecular weight is 456 g/mol. The van der Waals surface area contributed by atoms with Gasteiger partial charge in [0.15, 0.2) is 13.2 Å². The zero-order valence-electron chi connectivity index (χ0n) is 17.4. The number of nitrogens with zero attached hydrogens (tertiary/aromatic N) is 2. The van der Waals surface area contributed by atoms with E-state index in [-0.39, 0.29) is 39.6 Å². The summed E-state index contributed by atoms with van der Waals surface area (Å²) in [5.74, 6) is 0.0438. The zero-order valence-corrected chi connectivity index (χ0v) is 17.4.